The second kappa shape index (κ2) is 4.94. The van der Waals surface area contributed by atoms with Crippen molar-refractivity contribution in [2.45, 2.75) is 37.9 Å². The summed E-state index contributed by atoms with van der Waals surface area (Å²) in [6, 6.07) is 0. The molecule has 0 radical (unpaired) electrons. The number of rotatable bonds is 4. The molecule has 96 valence electrons. The molecule has 0 aromatic rings. The summed E-state index contributed by atoms with van der Waals surface area (Å²) in [6.45, 7) is 0. The molecule has 0 heterocycles. The first-order valence-electron chi connectivity index (χ1n) is 4.47. The smallest absolute Gasteiger partial charge is 0.264 e. The molecular weight excluding hydrogens is 264 g/mol. The number of hydrogen-bond donors (Lipinski definition) is 2. The van der Waals surface area contributed by atoms with Crippen LogP contribution in [0.25, 0.3) is 0 Å². The predicted octanol–water partition coefficient (Wildman–Crippen LogP) is -0.0636. The summed E-state index contributed by atoms with van der Waals surface area (Å²) in [5.74, 6) is 0. The van der Waals surface area contributed by atoms with Gasteiger partial charge in [0.15, 0.2) is 0 Å². The minimum atomic E-state index is -4.56. The molecule has 1 fully saturated rings. The van der Waals surface area contributed by atoms with E-state index in [9.17, 15) is 16.8 Å². The van der Waals surface area contributed by atoms with Gasteiger partial charge in [-0.05, 0) is 19.3 Å². The van der Waals surface area contributed by atoms with Crippen LogP contribution in [0.15, 0.2) is 0 Å². The summed E-state index contributed by atoms with van der Waals surface area (Å²) in [5.41, 5.74) is 0. The van der Waals surface area contributed by atoms with E-state index in [0.717, 1.165) is 0 Å². The van der Waals surface area contributed by atoms with Crippen LogP contribution in [-0.2, 0) is 29.2 Å². The van der Waals surface area contributed by atoms with Crippen molar-refractivity contribution < 1.29 is 34.3 Å². The lowest BCUT2D eigenvalue weighted by molar-refractivity contribution is 0.0619. The van der Waals surface area contributed by atoms with Crippen molar-refractivity contribution in [2.24, 2.45) is 0 Å². The molecule has 1 aliphatic rings. The van der Waals surface area contributed by atoms with E-state index >= 15 is 0 Å². The molecule has 0 aromatic carbocycles. The Morgan fingerprint density at radius 1 is 0.875 bits per heavy atom. The molecule has 8 nitrogen and oxygen atoms in total. The van der Waals surface area contributed by atoms with Crippen LogP contribution >= 0.6 is 0 Å². The van der Waals surface area contributed by atoms with Crippen molar-refractivity contribution in [2.75, 3.05) is 0 Å². The molecule has 0 saturated heterocycles. The van der Waals surface area contributed by atoms with Crippen molar-refractivity contribution >= 4 is 20.8 Å². The van der Waals surface area contributed by atoms with Gasteiger partial charge in [-0.3, -0.25) is 9.11 Å². The van der Waals surface area contributed by atoms with Crippen LogP contribution in [0.4, 0.5) is 0 Å². The topological polar surface area (TPSA) is 127 Å². The van der Waals surface area contributed by atoms with Gasteiger partial charge in [-0.1, -0.05) is 0 Å². The molecule has 2 N–H and O–H groups in total. The van der Waals surface area contributed by atoms with Gasteiger partial charge in [0.2, 0.25) is 0 Å². The van der Waals surface area contributed by atoms with Crippen LogP contribution in [0.3, 0.4) is 0 Å². The van der Waals surface area contributed by atoms with E-state index in [1.807, 2.05) is 0 Å². The molecule has 0 spiro atoms. The Labute approximate surface area is 93.5 Å². The Hall–Kier alpha value is -0.260. The van der Waals surface area contributed by atoms with E-state index in [4.69, 9.17) is 9.11 Å². The second-order valence-corrected chi connectivity index (χ2v) is 5.55. The maximum Gasteiger partial charge on any atom is 0.397 e. The van der Waals surface area contributed by atoms with Crippen molar-refractivity contribution in [3.05, 3.63) is 0 Å². The lowest BCUT2D eigenvalue weighted by Crippen LogP contribution is -2.31. The second-order valence-electron chi connectivity index (χ2n) is 3.46. The monoisotopic (exact) mass is 276 g/mol. The maximum absolute atomic E-state index is 10.4. The summed E-state index contributed by atoms with van der Waals surface area (Å²) in [7, 11) is -9.12. The average molecular weight is 276 g/mol. The molecule has 0 aliphatic heterocycles. The standard InChI is InChI=1S/C6H12O8S2/c7-15(8,9)13-5-2-1-3-6(4-5)14-16(10,11)12/h5-6H,1-4H2,(H,7,8,9)(H,10,11,12). The van der Waals surface area contributed by atoms with Gasteiger partial charge in [0.05, 0.1) is 12.2 Å². The van der Waals surface area contributed by atoms with Crippen molar-refractivity contribution in [1.29, 1.82) is 0 Å². The van der Waals surface area contributed by atoms with Gasteiger partial charge in [-0.25, -0.2) is 8.37 Å². The molecule has 0 amide bonds. The fourth-order valence-electron chi connectivity index (χ4n) is 1.62. The fourth-order valence-corrected chi connectivity index (χ4v) is 2.66. The van der Waals surface area contributed by atoms with Crippen LogP contribution in [-0.4, -0.2) is 38.1 Å². The zero-order valence-electron chi connectivity index (χ0n) is 8.14. The summed E-state index contributed by atoms with van der Waals surface area (Å²) in [4.78, 5) is 0. The maximum atomic E-state index is 10.4. The summed E-state index contributed by atoms with van der Waals surface area (Å²) in [5, 5.41) is 0. The Kier molecular flexibility index (Phi) is 4.26. The highest BCUT2D eigenvalue weighted by Gasteiger charge is 2.29. The molecule has 1 aliphatic carbocycles. The van der Waals surface area contributed by atoms with Crippen LogP contribution in [0.5, 0.6) is 0 Å². The first-order valence-corrected chi connectivity index (χ1v) is 7.20. The SMILES string of the molecule is O=S(=O)(O)OC1CCCC(OS(=O)(=O)O)C1. The van der Waals surface area contributed by atoms with E-state index in [0.29, 0.717) is 19.3 Å². The van der Waals surface area contributed by atoms with Gasteiger partial charge in [-0.2, -0.15) is 16.8 Å². The van der Waals surface area contributed by atoms with Gasteiger partial charge in [-0.15, -0.1) is 0 Å². The zero-order valence-corrected chi connectivity index (χ0v) is 9.78. The zero-order chi connectivity index (χ0) is 12.4. The molecule has 1 saturated carbocycles. The predicted molar refractivity (Wildman–Crippen MR) is 51.3 cm³/mol. The van der Waals surface area contributed by atoms with Crippen molar-refractivity contribution in [3.8, 4) is 0 Å². The first kappa shape index (κ1) is 13.8. The molecule has 16 heavy (non-hydrogen) atoms. The molecule has 1 rings (SSSR count). The largest absolute Gasteiger partial charge is 0.397 e. The van der Waals surface area contributed by atoms with Crippen molar-refractivity contribution in [1.82, 2.24) is 0 Å². The van der Waals surface area contributed by atoms with E-state index in [-0.39, 0.29) is 6.42 Å². The third kappa shape index (κ3) is 5.72. The van der Waals surface area contributed by atoms with Gasteiger partial charge < -0.3 is 0 Å². The third-order valence-electron chi connectivity index (χ3n) is 2.09. The number of hydrogen-bond acceptors (Lipinski definition) is 6. The normalized spacial score (nSPS) is 27.9. The molecule has 0 aromatic heterocycles. The van der Waals surface area contributed by atoms with Crippen LogP contribution < -0.4 is 0 Å². The van der Waals surface area contributed by atoms with Gasteiger partial charge in [0.1, 0.15) is 0 Å². The Bertz CT molecular complexity index is 383. The van der Waals surface area contributed by atoms with Gasteiger partial charge in [0.25, 0.3) is 0 Å². The minimum Gasteiger partial charge on any atom is -0.264 e. The van der Waals surface area contributed by atoms with E-state index in [2.05, 4.69) is 8.37 Å². The Balaban J connectivity index is 2.54. The highest BCUT2D eigenvalue weighted by atomic mass is 32.3. The molecule has 10 heteroatoms. The van der Waals surface area contributed by atoms with Crippen molar-refractivity contribution in [3.63, 3.8) is 0 Å². The summed E-state index contributed by atoms with van der Waals surface area (Å²) in [6.07, 6.45) is -0.498. The van der Waals surface area contributed by atoms with Gasteiger partial charge in [0, 0.05) is 6.42 Å². The van der Waals surface area contributed by atoms with Crippen LogP contribution in [0, 0.1) is 0 Å². The highest BCUT2D eigenvalue weighted by Crippen LogP contribution is 2.25. The van der Waals surface area contributed by atoms with E-state index < -0.39 is 33.0 Å². The van der Waals surface area contributed by atoms with Crippen LogP contribution in [0.2, 0.25) is 0 Å². The van der Waals surface area contributed by atoms with E-state index in [1.54, 1.807) is 0 Å². The Morgan fingerprint density at radius 3 is 1.56 bits per heavy atom. The van der Waals surface area contributed by atoms with E-state index in [1.165, 1.54) is 0 Å². The third-order valence-corrected chi connectivity index (χ3v) is 3.12. The highest BCUT2D eigenvalue weighted by molar-refractivity contribution is 7.81. The minimum absolute atomic E-state index is 0.0282. The summed E-state index contributed by atoms with van der Waals surface area (Å²) >= 11 is 0. The lowest BCUT2D eigenvalue weighted by atomic mass is 9.95. The van der Waals surface area contributed by atoms with Gasteiger partial charge >= 0.3 is 20.8 Å². The summed E-state index contributed by atoms with van der Waals surface area (Å²) < 4.78 is 67.1. The quantitative estimate of drug-likeness (QED) is 0.683. The molecule has 2 atom stereocenters. The molecule has 2 unspecified atom stereocenters. The lowest BCUT2D eigenvalue weighted by Gasteiger charge is -2.26. The molecular formula is C6H12O8S2. The average Bonchev–Trinajstić information content (AvgIpc) is 1.96. The Morgan fingerprint density at radius 2 is 1.25 bits per heavy atom. The fraction of sp³-hybridized carbons (Fsp3) is 1.00. The first-order chi connectivity index (χ1) is 7.16. The van der Waals surface area contributed by atoms with Crippen LogP contribution in [0.1, 0.15) is 25.7 Å². The molecule has 0 bridgehead atoms.